The predicted molar refractivity (Wildman–Crippen MR) is 69.2 cm³/mol. The van der Waals surface area contributed by atoms with E-state index in [-0.39, 0.29) is 6.42 Å². The zero-order valence-corrected chi connectivity index (χ0v) is 11.6. The lowest BCUT2D eigenvalue weighted by Gasteiger charge is -2.21. The van der Waals surface area contributed by atoms with Crippen molar-refractivity contribution in [1.29, 1.82) is 0 Å². The summed E-state index contributed by atoms with van der Waals surface area (Å²) >= 11 is 5.99. The zero-order chi connectivity index (χ0) is 13.3. The van der Waals surface area contributed by atoms with Crippen molar-refractivity contribution >= 4 is 27.2 Å². The maximum absolute atomic E-state index is 12.1. The molecule has 0 amide bonds. The molecule has 0 fully saturated rings. The van der Waals surface area contributed by atoms with Crippen molar-refractivity contribution in [3.63, 3.8) is 0 Å². The minimum atomic E-state index is -3.66. The molecule has 0 aliphatic carbocycles. The summed E-state index contributed by atoms with van der Waals surface area (Å²) < 4.78 is 21.4. The van der Waals surface area contributed by atoms with Crippen LogP contribution in [-0.4, -0.2) is 24.7 Å². The average Bonchev–Trinajstić information content (AvgIpc) is 2.26. The molecule has 0 aliphatic rings. The van der Waals surface area contributed by atoms with Crippen molar-refractivity contribution in [2.45, 2.75) is 24.5 Å². The number of alkyl halides is 1. The third-order valence-electron chi connectivity index (χ3n) is 2.70. The van der Waals surface area contributed by atoms with E-state index in [0.717, 1.165) is 11.8 Å². The standard InChI is InChI=1S/C12H15ClO3S/c1-4-12(13,17(3,15)16)11(14)10-7-5-9(2)6-8-10/h5-8H,4H2,1-3H3/t12-/m0/s1. The summed E-state index contributed by atoms with van der Waals surface area (Å²) in [6.07, 6.45) is 1.02. The average molecular weight is 275 g/mol. The van der Waals surface area contributed by atoms with Crippen LogP contribution in [0, 0.1) is 6.92 Å². The first-order chi connectivity index (χ1) is 7.72. The van der Waals surface area contributed by atoms with Crippen molar-refractivity contribution in [3.8, 4) is 0 Å². The number of ketones is 1. The molecular weight excluding hydrogens is 260 g/mol. The SMILES string of the molecule is CC[C@@](Cl)(C(=O)c1ccc(C)cc1)S(C)(=O)=O. The Kier molecular flexibility index (Phi) is 3.99. The van der Waals surface area contributed by atoms with E-state index in [2.05, 4.69) is 0 Å². The first-order valence-electron chi connectivity index (χ1n) is 5.22. The van der Waals surface area contributed by atoms with Crippen LogP contribution < -0.4 is 0 Å². The predicted octanol–water partition coefficient (Wildman–Crippen LogP) is 2.57. The Bertz CT molecular complexity index is 519. The van der Waals surface area contributed by atoms with Crippen molar-refractivity contribution in [2.75, 3.05) is 6.26 Å². The fourth-order valence-electron chi connectivity index (χ4n) is 1.51. The number of sulfone groups is 1. The first-order valence-corrected chi connectivity index (χ1v) is 7.49. The lowest BCUT2D eigenvalue weighted by molar-refractivity contribution is 0.0970. The molecule has 1 atom stereocenters. The van der Waals surface area contributed by atoms with Crippen LogP contribution in [0.25, 0.3) is 0 Å². The van der Waals surface area contributed by atoms with Gasteiger partial charge in [0.15, 0.2) is 15.6 Å². The molecule has 1 aromatic rings. The molecule has 0 heterocycles. The number of rotatable bonds is 4. The van der Waals surface area contributed by atoms with Gasteiger partial charge in [0.05, 0.1) is 0 Å². The van der Waals surface area contributed by atoms with E-state index in [1.54, 1.807) is 31.2 Å². The number of Topliss-reactive ketones (excluding diaryl/α,β-unsaturated/α-hetero) is 1. The van der Waals surface area contributed by atoms with Crippen molar-refractivity contribution in [1.82, 2.24) is 0 Å². The molecule has 94 valence electrons. The summed E-state index contributed by atoms with van der Waals surface area (Å²) in [5.41, 5.74) is 1.32. The van der Waals surface area contributed by atoms with Gasteiger partial charge in [-0.25, -0.2) is 8.42 Å². The van der Waals surface area contributed by atoms with Crippen LogP contribution in [0.1, 0.15) is 29.3 Å². The van der Waals surface area contributed by atoms with E-state index in [1.165, 1.54) is 0 Å². The summed E-state index contributed by atoms with van der Waals surface area (Å²) in [4.78, 5) is 12.1. The van der Waals surface area contributed by atoms with Gasteiger partial charge in [0.25, 0.3) is 0 Å². The van der Waals surface area contributed by atoms with Crippen LogP contribution in [0.4, 0.5) is 0 Å². The second-order valence-corrected chi connectivity index (χ2v) is 7.16. The van der Waals surface area contributed by atoms with Crippen LogP contribution in [0.3, 0.4) is 0 Å². The number of aryl methyl sites for hydroxylation is 1. The molecule has 0 bridgehead atoms. The monoisotopic (exact) mass is 274 g/mol. The minimum Gasteiger partial charge on any atom is -0.291 e. The fraction of sp³-hybridized carbons (Fsp3) is 0.417. The first kappa shape index (κ1) is 14.2. The van der Waals surface area contributed by atoms with Crippen LogP contribution in [0.5, 0.6) is 0 Å². The summed E-state index contributed by atoms with van der Waals surface area (Å²) in [6.45, 7) is 3.47. The Morgan fingerprint density at radius 3 is 2.12 bits per heavy atom. The smallest absolute Gasteiger partial charge is 0.207 e. The Hall–Kier alpha value is -0.870. The van der Waals surface area contributed by atoms with Crippen LogP contribution in [0.2, 0.25) is 0 Å². The molecule has 1 rings (SSSR count). The molecule has 0 spiro atoms. The molecule has 17 heavy (non-hydrogen) atoms. The zero-order valence-electron chi connectivity index (χ0n) is 10.0. The van der Waals surface area contributed by atoms with Crippen molar-refractivity contribution in [3.05, 3.63) is 35.4 Å². The molecule has 3 nitrogen and oxygen atoms in total. The Morgan fingerprint density at radius 2 is 1.76 bits per heavy atom. The van der Waals surface area contributed by atoms with Gasteiger partial charge < -0.3 is 0 Å². The van der Waals surface area contributed by atoms with Gasteiger partial charge in [-0.2, -0.15) is 0 Å². The molecule has 0 aliphatic heterocycles. The molecule has 0 unspecified atom stereocenters. The number of hydrogen-bond donors (Lipinski definition) is 0. The maximum Gasteiger partial charge on any atom is 0.207 e. The fourth-order valence-corrected chi connectivity index (χ4v) is 2.60. The highest BCUT2D eigenvalue weighted by atomic mass is 35.5. The molecule has 0 aromatic heterocycles. The van der Waals surface area contributed by atoms with E-state index in [4.69, 9.17) is 11.6 Å². The third-order valence-corrected chi connectivity index (χ3v) is 5.62. The molecule has 0 saturated heterocycles. The molecule has 0 N–H and O–H groups in total. The van der Waals surface area contributed by atoms with Gasteiger partial charge in [-0.15, -0.1) is 0 Å². The lowest BCUT2D eigenvalue weighted by atomic mass is 10.0. The second-order valence-electron chi connectivity index (χ2n) is 4.05. The van der Waals surface area contributed by atoms with Gasteiger partial charge in [-0.1, -0.05) is 48.4 Å². The minimum absolute atomic E-state index is 0.0418. The lowest BCUT2D eigenvalue weighted by Crippen LogP contribution is -2.40. The van der Waals surface area contributed by atoms with Crippen LogP contribution >= 0.6 is 11.6 Å². The summed E-state index contributed by atoms with van der Waals surface area (Å²) in [7, 11) is -3.66. The van der Waals surface area contributed by atoms with Gasteiger partial charge in [-0.05, 0) is 13.3 Å². The van der Waals surface area contributed by atoms with E-state index < -0.39 is 19.8 Å². The van der Waals surface area contributed by atoms with E-state index >= 15 is 0 Å². The highest BCUT2D eigenvalue weighted by molar-refractivity contribution is 7.94. The molecule has 0 radical (unpaired) electrons. The maximum atomic E-state index is 12.1. The van der Waals surface area contributed by atoms with Gasteiger partial charge in [-0.3, -0.25) is 4.79 Å². The Morgan fingerprint density at radius 1 is 1.29 bits per heavy atom. The van der Waals surface area contributed by atoms with E-state index in [9.17, 15) is 13.2 Å². The number of carbonyl (C=O) groups excluding carboxylic acids is 1. The topological polar surface area (TPSA) is 51.2 Å². The number of halogens is 1. The second kappa shape index (κ2) is 4.78. The summed E-state index contributed by atoms with van der Waals surface area (Å²) in [6, 6.07) is 6.69. The van der Waals surface area contributed by atoms with Crippen molar-refractivity contribution < 1.29 is 13.2 Å². The molecule has 5 heteroatoms. The highest BCUT2D eigenvalue weighted by Crippen LogP contribution is 2.30. The quantitative estimate of drug-likeness (QED) is 0.626. The number of hydrogen-bond acceptors (Lipinski definition) is 3. The summed E-state index contributed by atoms with van der Waals surface area (Å²) in [5.74, 6) is -0.566. The number of benzene rings is 1. The van der Waals surface area contributed by atoms with Gasteiger partial charge in [0.1, 0.15) is 0 Å². The highest BCUT2D eigenvalue weighted by Gasteiger charge is 2.44. The Labute approximate surface area is 107 Å². The molecule has 0 saturated carbocycles. The summed E-state index contributed by atoms with van der Waals surface area (Å²) in [5, 5.41) is 0. The van der Waals surface area contributed by atoms with E-state index in [0.29, 0.717) is 5.56 Å². The van der Waals surface area contributed by atoms with Crippen LogP contribution in [0.15, 0.2) is 24.3 Å². The van der Waals surface area contributed by atoms with Crippen molar-refractivity contribution in [2.24, 2.45) is 0 Å². The third kappa shape index (κ3) is 2.69. The van der Waals surface area contributed by atoms with E-state index in [1.807, 2.05) is 6.92 Å². The van der Waals surface area contributed by atoms with Gasteiger partial charge in [0, 0.05) is 11.8 Å². The largest absolute Gasteiger partial charge is 0.291 e. The normalized spacial score (nSPS) is 15.3. The van der Waals surface area contributed by atoms with Gasteiger partial charge >= 0.3 is 0 Å². The number of carbonyl (C=O) groups is 1. The van der Waals surface area contributed by atoms with Crippen LogP contribution in [-0.2, 0) is 9.84 Å². The van der Waals surface area contributed by atoms with Gasteiger partial charge in [0.2, 0.25) is 4.21 Å². The molecule has 1 aromatic carbocycles. The Balaban J connectivity index is 3.24. The molecular formula is C12H15ClO3S.